The number of nitrogens with one attached hydrogen (secondary N) is 1. The topological polar surface area (TPSA) is 86.8 Å². The quantitative estimate of drug-likeness (QED) is 0.304. The van der Waals surface area contributed by atoms with E-state index < -0.39 is 28.5 Å². The number of hydrogen-bond acceptors (Lipinski definition) is 4. The SMILES string of the molecule is CCc1ccc(N(CC(=O)N(Cc2ccccc2C)[C@@H](CC)C(=O)NC2CCCC2)S(=O)(=O)c2ccccc2)cc1. The molecule has 0 heterocycles. The van der Waals surface area contributed by atoms with Gasteiger partial charge in [-0.25, -0.2) is 8.42 Å². The van der Waals surface area contributed by atoms with Crippen LogP contribution < -0.4 is 9.62 Å². The molecule has 0 aliphatic heterocycles. The van der Waals surface area contributed by atoms with Crippen molar-refractivity contribution in [1.82, 2.24) is 10.2 Å². The largest absolute Gasteiger partial charge is 0.352 e. The molecule has 1 aliphatic carbocycles. The molecule has 0 aromatic heterocycles. The fourth-order valence-corrected chi connectivity index (χ4v) is 6.84. The number of anilines is 1. The normalized spacial score (nSPS) is 14.4. The highest BCUT2D eigenvalue weighted by atomic mass is 32.2. The van der Waals surface area contributed by atoms with E-state index in [1.54, 1.807) is 35.2 Å². The van der Waals surface area contributed by atoms with Crippen molar-refractivity contribution in [2.24, 2.45) is 0 Å². The lowest BCUT2D eigenvalue weighted by Gasteiger charge is -2.34. The highest BCUT2D eigenvalue weighted by molar-refractivity contribution is 7.92. The zero-order valence-corrected chi connectivity index (χ0v) is 25.1. The van der Waals surface area contributed by atoms with Crippen molar-refractivity contribution in [1.29, 1.82) is 0 Å². The predicted octanol–water partition coefficient (Wildman–Crippen LogP) is 5.62. The molecule has 0 radical (unpaired) electrons. The highest BCUT2D eigenvalue weighted by Crippen LogP contribution is 2.26. The summed E-state index contributed by atoms with van der Waals surface area (Å²) >= 11 is 0. The maximum absolute atomic E-state index is 14.2. The first kappa shape index (κ1) is 30.3. The average molecular weight is 576 g/mol. The first-order valence-electron chi connectivity index (χ1n) is 14.6. The number of rotatable bonds is 12. The van der Waals surface area contributed by atoms with E-state index in [2.05, 4.69) is 5.32 Å². The third-order valence-electron chi connectivity index (χ3n) is 7.93. The summed E-state index contributed by atoms with van der Waals surface area (Å²) in [6.07, 6.45) is 5.25. The van der Waals surface area contributed by atoms with Crippen LogP contribution in [-0.4, -0.2) is 43.8 Å². The molecule has 0 unspecified atom stereocenters. The Morgan fingerprint density at radius 3 is 2.15 bits per heavy atom. The molecule has 4 rings (SSSR count). The lowest BCUT2D eigenvalue weighted by Crippen LogP contribution is -2.53. The molecule has 0 spiro atoms. The fourth-order valence-electron chi connectivity index (χ4n) is 5.40. The third-order valence-corrected chi connectivity index (χ3v) is 9.72. The van der Waals surface area contributed by atoms with Crippen LogP contribution in [0.2, 0.25) is 0 Å². The summed E-state index contributed by atoms with van der Waals surface area (Å²) in [5, 5.41) is 3.15. The summed E-state index contributed by atoms with van der Waals surface area (Å²) < 4.78 is 29.0. The zero-order valence-electron chi connectivity index (χ0n) is 24.3. The first-order chi connectivity index (χ1) is 19.7. The summed E-state index contributed by atoms with van der Waals surface area (Å²) in [5.74, 6) is -0.619. The van der Waals surface area contributed by atoms with Crippen LogP contribution in [0.3, 0.4) is 0 Å². The average Bonchev–Trinajstić information content (AvgIpc) is 3.50. The van der Waals surface area contributed by atoms with Crippen LogP contribution in [0.5, 0.6) is 0 Å². The molecule has 7 nitrogen and oxygen atoms in total. The molecule has 1 fully saturated rings. The van der Waals surface area contributed by atoms with Gasteiger partial charge in [-0.1, -0.05) is 81.3 Å². The molecule has 41 heavy (non-hydrogen) atoms. The monoisotopic (exact) mass is 575 g/mol. The van der Waals surface area contributed by atoms with Crippen LogP contribution in [0.4, 0.5) is 5.69 Å². The first-order valence-corrected chi connectivity index (χ1v) is 16.0. The van der Waals surface area contributed by atoms with E-state index in [4.69, 9.17) is 0 Å². The lowest BCUT2D eigenvalue weighted by atomic mass is 10.1. The summed E-state index contributed by atoms with van der Waals surface area (Å²) in [7, 11) is -4.07. The van der Waals surface area contributed by atoms with Crippen LogP contribution in [0.15, 0.2) is 83.8 Å². The zero-order chi connectivity index (χ0) is 29.4. The second-order valence-electron chi connectivity index (χ2n) is 10.7. The van der Waals surface area contributed by atoms with E-state index >= 15 is 0 Å². The molecular weight excluding hydrogens is 534 g/mol. The van der Waals surface area contributed by atoms with E-state index in [1.165, 1.54) is 12.1 Å². The second kappa shape index (κ2) is 13.8. The van der Waals surface area contributed by atoms with Gasteiger partial charge in [0.25, 0.3) is 10.0 Å². The van der Waals surface area contributed by atoms with Gasteiger partial charge in [0.05, 0.1) is 10.6 Å². The van der Waals surface area contributed by atoms with Gasteiger partial charge in [-0.2, -0.15) is 0 Å². The van der Waals surface area contributed by atoms with Gasteiger partial charge in [0.1, 0.15) is 12.6 Å². The Hall–Kier alpha value is -3.65. The minimum Gasteiger partial charge on any atom is -0.352 e. The number of sulfonamides is 1. The van der Waals surface area contributed by atoms with Gasteiger partial charge in [-0.3, -0.25) is 13.9 Å². The van der Waals surface area contributed by atoms with E-state index in [9.17, 15) is 18.0 Å². The molecule has 1 saturated carbocycles. The fraction of sp³-hybridized carbons (Fsp3) is 0.394. The van der Waals surface area contributed by atoms with Gasteiger partial charge in [0, 0.05) is 12.6 Å². The van der Waals surface area contributed by atoms with Gasteiger partial charge in [-0.05, 0) is 73.6 Å². The van der Waals surface area contributed by atoms with Crippen molar-refractivity contribution < 1.29 is 18.0 Å². The van der Waals surface area contributed by atoms with Crippen molar-refractivity contribution >= 4 is 27.5 Å². The third kappa shape index (κ3) is 7.36. The van der Waals surface area contributed by atoms with E-state index in [0.717, 1.165) is 53.1 Å². The summed E-state index contributed by atoms with van der Waals surface area (Å²) in [5.41, 5.74) is 3.38. The van der Waals surface area contributed by atoms with Crippen LogP contribution in [0, 0.1) is 6.92 Å². The number of benzene rings is 3. The van der Waals surface area contributed by atoms with E-state index in [1.807, 2.05) is 57.2 Å². The standard InChI is InChI=1S/C33H41N3O4S/c1-4-26-19-21-29(22-20-26)36(41(39,40)30-17-7-6-8-18-30)24-32(37)35(23-27-14-10-9-13-25(27)3)31(5-2)33(38)34-28-15-11-12-16-28/h6-10,13-14,17-22,28,31H,4-5,11-12,15-16,23-24H2,1-3H3,(H,34,38)/t31-/m0/s1. The molecule has 218 valence electrons. The number of carbonyl (C=O) groups excluding carboxylic acids is 2. The number of aryl methyl sites for hydroxylation is 2. The number of amides is 2. The summed E-state index contributed by atoms with van der Waals surface area (Å²) in [4.78, 5) is 29.4. The van der Waals surface area contributed by atoms with Crippen molar-refractivity contribution in [2.75, 3.05) is 10.8 Å². The molecule has 0 saturated heterocycles. The van der Waals surface area contributed by atoms with Crippen molar-refractivity contribution in [3.05, 3.63) is 95.6 Å². The molecule has 0 bridgehead atoms. The molecule has 1 aliphatic rings. The second-order valence-corrected chi connectivity index (χ2v) is 12.6. The van der Waals surface area contributed by atoms with Crippen LogP contribution in [0.1, 0.15) is 62.6 Å². The minimum atomic E-state index is -4.07. The molecule has 3 aromatic carbocycles. The number of carbonyl (C=O) groups is 2. The van der Waals surface area contributed by atoms with Gasteiger partial charge in [0.15, 0.2) is 0 Å². The molecule has 2 amide bonds. The predicted molar refractivity (Wildman–Crippen MR) is 163 cm³/mol. The van der Waals surface area contributed by atoms with E-state index in [-0.39, 0.29) is 23.4 Å². The number of nitrogens with zero attached hydrogens (tertiary/aromatic N) is 2. The Balaban J connectivity index is 1.71. The van der Waals surface area contributed by atoms with E-state index in [0.29, 0.717) is 12.1 Å². The summed E-state index contributed by atoms with van der Waals surface area (Å²) in [6, 6.07) is 22.5. The lowest BCUT2D eigenvalue weighted by molar-refractivity contribution is -0.140. The van der Waals surface area contributed by atoms with Crippen LogP contribution >= 0.6 is 0 Å². The molecular formula is C33H41N3O4S. The molecule has 1 N–H and O–H groups in total. The van der Waals surface area contributed by atoms with Crippen LogP contribution in [0.25, 0.3) is 0 Å². The number of hydrogen-bond donors (Lipinski definition) is 1. The maximum atomic E-state index is 14.2. The summed E-state index contributed by atoms with van der Waals surface area (Å²) in [6.45, 7) is 5.66. The minimum absolute atomic E-state index is 0.101. The Bertz CT molecular complexity index is 1420. The Kier molecular flexibility index (Phi) is 10.2. The highest BCUT2D eigenvalue weighted by Gasteiger charge is 2.34. The van der Waals surface area contributed by atoms with Crippen LogP contribution in [-0.2, 0) is 32.6 Å². The smallest absolute Gasteiger partial charge is 0.264 e. The van der Waals surface area contributed by atoms with Gasteiger partial charge < -0.3 is 10.2 Å². The Morgan fingerprint density at radius 1 is 0.902 bits per heavy atom. The van der Waals surface area contributed by atoms with Gasteiger partial charge in [0.2, 0.25) is 11.8 Å². The van der Waals surface area contributed by atoms with Gasteiger partial charge >= 0.3 is 0 Å². The molecule has 8 heteroatoms. The Morgan fingerprint density at radius 2 is 1.54 bits per heavy atom. The maximum Gasteiger partial charge on any atom is 0.264 e. The van der Waals surface area contributed by atoms with Crippen molar-refractivity contribution in [3.8, 4) is 0 Å². The molecule has 3 aromatic rings. The van der Waals surface area contributed by atoms with Crippen molar-refractivity contribution in [3.63, 3.8) is 0 Å². The van der Waals surface area contributed by atoms with Gasteiger partial charge in [-0.15, -0.1) is 0 Å². The molecule has 1 atom stereocenters. The Labute approximate surface area is 244 Å². The van der Waals surface area contributed by atoms with Crippen molar-refractivity contribution in [2.45, 2.75) is 82.8 Å².